The molecule has 0 unspecified atom stereocenters. The molecule has 1 amide bonds. The quantitative estimate of drug-likeness (QED) is 0.623. The first-order valence-electron chi connectivity index (χ1n) is 10.4. The van der Waals surface area contributed by atoms with Gasteiger partial charge in [-0.1, -0.05) is 45.0 Å². The summed E-state index contributed by atoms with van der Waals surface area (Å²) in [6.45, 7) is 12.3. The van der Waals surface area contributed by atoms with E-state index < -0.39 is 16.1 Å². The Hall–Kier alpha value is -2.54. The second-order valence-corrected chi connectivity index (χ2v) is 10.8. The van der Waals surface area contributed by atoms with Gasteiger partial charge in [0, 0.05) is 0 Å². The second kappa shape index (κ2) is 9.73. The lowest BCUT2D eigenvalue weighted by molar-refractivity contribution is -0.121. The highest BCUT2D eigenvalue weighted by Gasteiger charge is 2.29. The molecule has 31 heavy (non-hydrogen) atoms. The Labute approximate surface area is 186 Å². The monoisotopic (exact) mass is 446 g/mol. The zero-order chi connectivity index (χ0) is 23.4. The number of para-hydroxylation sites is 1. The van der Waals surface area contributed by atoms with E-state index in [0.717, 1.165) is 33.0 Å². The Bertz CT molecular complexity index is 1010. The van der Waals surface area contributed by atoms with Gasteiger partial charge in [-0.15, -0.1) is 0 Å². The van der Waals surface area contributed by atoms with E-state index in [1.54, 1.807) is 19.1 Å². The summed E-state index contributed by atoms with van der Waals surface area (Å²) in [4.78, 5) is 12.7. The second-order valence-electron chi connectivity index (χ2n) is 8.97. The Morgan fingerprint density at radius 1 is 1.10 bits per heavy atom. The summed E-state index contributed by atoms with van der Waals surface area (Å²) in [5, 5.41) is 2.79. The largest absolute Gasteiger partial charge is 0.491 e. The van der Waals surface area contributed by atoms with Gasteiger partial charge >= 0.3 is 0 Å². The summed E-state index contributed by atoms with van der Waals surface area (Å²) >= 11 is 0. The van der Waals surface area contributed by atoms with Crippen molar-refractivity contribution in [1.82, 2.24) is 5.32 Å². The molecule has 0 saturated carbocycles. The highest BCUT2D eigenvalue weighted by Crippen LogP contribution is 2.30. The van der Waals surface area contributed by atoms with Crippen molar-refractivity contribution in [2.24, 2.45) is 0 Å². The van der Waals surface area contributed by atoms with Crippen LogP contribution in [0, 0.1) is 13.8 Å². The lowest BCUT2D eigenvalue weighted by Gasteiger charge is -2.29. The summed E-state index contributed by atoms with van der Waals surface area (Å²) in [5.41, 5.74) is 3.38. The maximum atomic E-state index is 12.7. The number of benzene rings is 2. The number of sulfonamides is 1. The molecule has 2 aromatic rings. The van der Waals surface area contributed by atoms with Crippen LogP contribution in [0.3, 0.4) is 0 Å². The fourth-order valence-corrected chi connectivity index (χ4v) is 4.74. The third kappa shape index (κ3) is 6.72. The first kappa shape index (κ1) is 24.7. The molecule has 0 aromatic heterocycles. The number of aryl methyl sites for hydroxylation is 2. The first-order valence-corrected chi connectivity index (χ1v) is 12.2. The summed E-state index contributed by atoms with van der Waals surface area (Å²) in [6, 6.07) is 12.4. The molecule has 2 aromatic carbocycles. The number of carbonyl (C=O) groups excluding carboxylic acids is 1. The maximum Gasteiger partial charge on any atom is 0.243 e. The fraction of sp³-hybridized carbons (Fsp3) is 0.458. The maximum absolute atomic E-state index is 12.7. The molecule has 170 valence electrons. The summed E-state index contributed by atoms with van der Waals surface area (Å²) in [6.07, 6.45) is 1.11. The van der Waals surface area contributed by atoms with Crippen molar-refractivity contribution in [2.75, 3.05) is 23.7 Å². The highest BCUT2D eigenvalue weighted by atomic mass is 32.2. The van der Waals surface area contributed by atoms with Gasteiger partial charge in [-0.25, -0.2) is 8.42 Å². The molecule has 6 nitrogen and oxygen atoms in total. The smallest absolute Gasteiger partial charge is 0.243 e. The van der Waals surface area contributed by atoms with Crippen molar-refractivity contribution in [3.05, 3.63) is 59.2 Å². The SMILES string of the molecule is Cc1cc(C)cc(N([C@H](C)C(=O)NCCOc2ccccc2C(C)(C)C)S(C)(=O)=O)c1. The summed E-state index contributed by atoms with van der Waals surface area (Å²) in [7, 11) is -3.65. The van der Waals surface area contributed by atoms with E-state index >= 15 is 0 Å². The molecule has 0 aliphatic carbocycles. The lowest BCUT2D eigenvalue weighted by Crippen LogP contribution is -2.48. The van der Waals surface area contributed by atoms with Gasteiger partial charge in [-0.05, 0) is 61.1 Å². The molecular weight excluding hydrogens is 412 g/mol. The minimum Gasteiger partial charge on any atom is -0.491 e. The average Bonchev–Trinajstić information content (AvgIpc) is 2.62. The van der Waals surface area contributed by atoms with Gasteiger partial charge in [0.05, 0.1) is 18.5 Å². The van der Waals surface area contributed by atoms with E-state index in [9.17, 15) is 13.2 Å². The lowest BCUT2D eigenvalue weighted by atomic mass is 9.86. The molecule has 0 spiro atoms. The van der Waals surface area contributed by atoms with Crippen LogP contribution < -0.4 is 14.4 Å². The van der Waals surface area contributed by atoms with Crippen LogP contribution in [-0.4, -0.2) is 39.8 Å². The molecule has 7 heteroatoms. The number of hydrogen-bond donors (Lipinski definition) is 1. The van der Waals surface area contributed by atoms with Crippen LogP contribution in [0.2, 0.25) is 0 Å². The number of nitrogens with one attached hydrogen (secondary N) is 1. The van der Waals surface area contributed by atoms with E-state index in [1.165, 1.54) is 0 Å². The third-order valence-electron chi connectivity index (χ3n) is 4.90. The van der Waals surface area contributed by atoms with E-state index in [1.807, 2.05) is 44.2 Å². The van der Waals surface area contributed by atoms with Crippen LogP contribution in [0.4, 0.5) is 5.69 Å². The van der Waals surface area contributed by atoms with Crippen LogP contribution >= 0.6 is 0 Å². The van der Waals surface area contributed by atoms with Gasteiger partial charge in [0.25, 0.3) is 0 Å². The highest BCUT2D eigenvalue weighted by molar-refractivity contribution is 7.92. The van der Waals surface area contributed by atoms with Crippen molar-refractivity contribution in [1.29, 1.82) is 0 Å². The molecule has 0 radical (unpaired) electrons. The minimum atomic E-state index is -3.65. The topological polar surface area (TPSA) is 75.7 Å². The van der Waals surface area contributed by atoms with Crippen molar-refractivity contribution < 1.29 is 17.9 Å². The number of anilines is 1. The van der Waals surface area contributed by atoms with E-state index in [4.69, 9.17) is 4.74 Å². The number of rotatable bonds is 8. The van der Waals surface area contributed by atoms with Crippen LogP contribution in [0.5, 0.6) is 5.75 Å². The molecule has 1 N–H and O–H groups in total. The molecule has 0 saturated heterocycles. The van der Waals surface area contributed by atoms with Crippen molar-refractivity contribution in [3.8, 4) is 5.75 Å². The molecule has 0 bridgehead atoms. The van der Waals surface area contributed by atoms with E-state index in [-0.39, 0.29) is 24.5 Å². The zero-order valence-electron chi connectivity index (χ0n) is 19.5. The zero-order valence-corrected chi connectivity index (χ0v) is 20.3. The molecule has 0 aliphatic heterocycles. The van der Waals surface area contributed by atoms with Crippen LogP contribution in [-0.2, 0) is 20.2 Å². The summed E-state index contributed by atoms with van der Waals surface area (Å²) in [5.74, 6) is 0.405. The average molecular weight is 447 g/mol. The number of carbonyl (C=O) groups is 1. The minimum absolute atomic E-state index is 0.0592. The number of hydrogen-bond acceptors (Lipinski definition) is 4. The molecule has 0 fully saturated rings. The van der Waals surface area contributed by atoms with Gasteiger partial charge in [-0.2, -0.15) is 0 Å². The Morgan fingerprint density at radius 2 is 1.68 bits per heavy atom. The summed E-state index contributed by atoms with van der Waals surface area (Å²) < 4.78 is 32.0. The van der Waals surface area contributed by atoms with Gasteiger partial charge < -0.3 is 10.1 Å². The van der Waals surface area contributed by atoms with E-state index in [0.29, 0.717) is 5.69 Å². The first-order chi connectivity index (χ1) is 14.3. The molecule has 1 atom stereocenters. The number of ether oxygens (including phenoxy) is 1. The normalized spacial score (nSPS) is 12.9. The predicted octanol–water partition coefficient (Wildman–Crippen LogP) is 3.95. The van der Waals surface area contributed by atoms with Crippen LogP contribution in [0.25, 0.3) is 0 Å². The third-order valence-corrected chi connectivity index (χ3v) is 6.15. The van der Waals surface area contributed by atoms with Gasteiger partial charge in [0.1, 0.15) is 18.4 Å². The Kier molecular flexibility index (Phi) is 7.76. The molecule has 2 rings (SSSR count). The van der Waals surface area contributed by atoms with Gasteiger partial charge in [-0.3, -0.25) is 9.10 Å². The van der Waals surface area contributed by atoms with Crippen molar-refractivity contribution >= 4 is 21.6 Å². The van der Waals surface area contributed by atoms with E-state index in [2.05, 4.69) is 26.1 Å². The Morgan fingerprint density at radius 3 is 2.23 bits per heavy atom. The van der Waals surface area contributed by atoms with Gasteiger partial charge in [0.15, 0.2) is 0 Å². The van der Waals surface area contributed by atoms with Crippen LogP contribution in [0.15, 0.2) is 42.5 Å². The molecular formula is C24H34N2O4S. The predicted molar refractivity (Wildman–Crippen MR) is 126 cm³/mol. The number of nitrogens with zero attached hydrogens (tertiary/aromatic N) is 1. The van der Waals surface area contributed by atoms with Crippen LogP contribution in [0.1, 0.15) is 44.4 Å². The fourth-order valence-electron chi connectivity index (χ4n) is 3.58. The van der Waals surface area contributed by atoms with Gasteiger partial charge in [0.2, 0.25) is 15.9 Å². The van der Waals surface area contributed by atoms with Crippen molar-refractivity contribution in [3.63, 3.8) is 0 Å². The molecule has 0 heterocycles. The van der Waals surface area contributed by atoms with Crippen molar-refractivity contribution in [2.45, 2.75) is 53.0 Å². The number of amides is 1. The standard InChI is InChI=1S/C24H34N2O4S/c1-17-14-18(2)16-20(15-17)26(31(7,28)29)19(3)23(27)25-12-13-30-22-11-9-8-10-21(22)24(4,5)6/h8-11,14-16,19H,12-13H2,1-7H3,(H,25,27)/t19-/m1/s1. The Balaban J connectivity index is 2.06. The molecule has 0 aliphatic rings.